The molecule has 1 aromatic rings. The van der Waals surface area contributed by atoms with Crippen molar-refractivity contribution in [1.82, 2.24) is 10.2 Å². The molecule has 2 aliphatic heterocycles. The Morgan fingerprint density at radius 3 is 2.74 bits per heavy atom. The number of hydrogen-bond acceptors (Lipinski definition) is 4. The number of methoxy groups -OCH3 is 1. The van der Waals surface area contributed by atoms with Crippen molar-refractivity contribution >= 4 is 0 Å². The molecule has 3 rings (SSSR count). The first-order chi connectivity index (χ1) is 11.1. The van der Waals surface area contributed by atoms with Gasteiger partial charge in [-0.15, -0.1) is 0 Å². The van der Waals surface area contributed by atoms with Crippen molar-refractivity contribution in [2.75, 3.05) is 33.3 Å². The van der Waals surface area contributed by atoms with Crippen LogP contribution in [0, 0.1) is 5.41 Å². The lowest BCUT2D eigenvalue weighted by Crippen LogP contribution is -2.38. The summed E-state index contributed by atoms with van der Waals surface area (Å²) in [5.74, 6) is 0.742. The van der Waals surface area contributed by atoms with Gasteiger partial charge in [0.1, 0.15) is 11.5 Å². The highest BCUT2D eigenvalue weighted by Crippen LogP contribution is 2.39. The molecule has 0 bridgehead atoms. The number of nitrogens with one attached hydrogen (secondary N) is 1. The zero-order valence-corrected chi connectivity index (χ0v) is 13.5. The highest BCUT2D eigenvalue weighted by molar-refractivity contribution is 5.40. The van der Waals surface area contributed by atoms with E-state index in [-0.39, 0.29) is 5.75 Å². The van der Waals surface area contributed by atoms with Crippen molar-refractivity contribution in [3.63, 3.8) is 0 Å². The van der Waals surface area contributed by atoms with Crippen LogP contribution in [0.3, 0.4) is 0 Å². The maximum absolute atomic E-state index is 12.7. The van der Waals surface area contributed by atoms with Crippen LogP contribution in [0.5, 0.6) is 11.5 Å². The summed E-state index contributed by atoms with van der Waals surface area (Å²) in [4.78, 5) is 2.35. The van der Waals surface area contributed by atoms with Gasteiger partial charge in [0.25, 0.3) is 0 Å². The van der Waals surface area contributed by atoms with E-state index in [1.807, 2.05) is 6.07 Å². The first-order valence-corrected chi connectivity index (χ1v) is 8.15. The van der Waals surface area contributed by atoms with Gasteiger partial charge in [0.2, 0.25) is 0 Å². The molecule has 2 saturated heterocycles. The Morgan fingerprint density at radius 1 is 1.26 bits per heavy atom. The normalized spacial score (nSPS) is 21.0. The van der Waals surface area contributed by atoms with Gasteiger partial charge in [0.15, 0.2) is 0 Å². The molecule has 2 heterocycles. The van der Waals surface area contributed by atoms with Gasteiger partial charge in [-0.25, -0.2) is 0 Å². The summed E-state index contributed by atoms with van der Waals surface area (Å²) < 4.78 is 35.1. The first-order valence-electron chi connectivity index (χ1n) is 8.15. The van der Waals surface area contributed by atoms with Gasteiger partial charge in [0.05, 0.1) is 7.11 Å². The molecule has 1 spiro atoms. The van der Waals surface area contributed by atoms with Crippen LogP contribution in [0.2, 0.25) is 0 Å². The van der Waals surface area contributed by atoms with Crippen LogP contribution in [0.4, 0.5) is 8.78 Å². The minimum absolute atomic E-state index is 0.214. The molecule has 0 saturated carbocycles. The van der Waals surface area contributed by atoms with Crippen LogP contribution in [0.25, 0.3) is 0 Å². The van der Waals surface area contributed by atoms with Crippen LogP contribution < -0.4 is 14.8 Å². The predicted molar refractivity (Wildman–Crippen MR) is 84.1 cm³/mol. The van der Waals surface area contributed by atoms with Gasteiger partial charge in [-0.2, -0.15) is 8.78 Å². The average Bonchev–Trinajstić information content (AvgIpc) is 2.91. The average molecular weight is 326 g/mol. The molecular weight excluding hydrogens is 302 g/mol. The fourth-order valence-corrected chi connectivity index (χ4v) is 3.77. The lowest BCUT2D eigenvalue weighted by Gasteiger charge is -2.34. The third-order valence-corrected chi connectivity index (χ3v) is 5.07. The van der Waals surface area contributed by atoms with Gasteiger partial charge in [-0.3, -0.25) is 4.90 Å². The third kappa shape index (κ3) is 3.93. The molecule has 2 fully saturated rings. The van der Waals surface area contributed by atoms with Gasteiger partial charge in [-0.1, -0.05) is 6.07 Å². The maximum Gasteiger partial charge on any atom is 0.387 e. The summed E-state index contributed by atoms with van der Waals surface area (Å²) in [6.07, 6.45) is 3.59. The highest BCUT2D eigenvalue weighted by Gasteiger charge is 2.38. The summed E-state index contributed by atoms with van der Waals surface area (Å²) in [5, 5.41) is 3.41. The molecule has 0 radical (unpaired) electrons. The molecular formula is C17H24F2N2O2. The molecule has 1 N–H and O–H groups in total. The molecule has 0 aromatic heterocycles. The van der Waals surface area contributed by atoms with Gasteiger partial charge >= 0.3 is 6.61 Å². The topological polar surface area (TPSA) is 33.7 Å². The summed E-state index contributed by atoms with van der Waals surface area (Å²) in [6, 6.07) is 5.16. The van der Waals surface area contributed by atoms with Crippen molar-refractivity contribution < 1.29 is 18.3 Å². The summed E-state index contributed by atoms with van der Waals surface area (Å²) in [7, 11) is 1.52. The van der Waals surface area contributed by atoms with E-state index >= 15 is 0 Å². The molecule has 0 aliphatic carbocycles. The Kier molecular flexibility index (Phi) is 5.02. The lowest BCUT2D eigenvalue weighted by atomic mass is 9.78. The van der Waals surface area contributed by atoms with Gasteiger partial charge in [0, 0.05) is 24.7 Å². The van der Waals surface area contributed by atoms with E-state index in [2.05, 4.69) is 15.0 Å². The Morgan fingerprint density at radius 2 is 2.04 bits per heavy atom. The Bertz CT molecular complexity index is 533. The number of rotatable bonds is 5. The van der Waals surface area contributed by atoms with Crippen molar-refractivity contribution in [1.29, 1.82) is 0 Å². The highest BCUT2D eigenvalue weighted by atomic mass is 19.3. The van der Waals surface area contributed by atoms with Gasteiger partial charge < -0.3 is 14.8 Å². The summed E-state index contributed by atoms with van der Waals surface area (Å²) in [6.45, 7) is 2.03. The minimum Gasteiger partial charge on any atom is -0.497 e. The van der Waals surface area contributed by atoms with E-state index in [1.54, 1.807) is 6.07 Å². The number of halogens is 2. The number of likely N-dealkylation sites (tertiary alicyclic amines) is 1. The monoisotopic (exact) mass is 326 g/mol. The zero-order valence-electron chi connectivity index (χ0n) is 13.5. The molecule has 0 atom stereocenters. The van der Waals surface area contributed by atoms with Crippen LogP contribution >= 0.6 is 0 Å². The van der Waals surface area contributed by atoms with Crippen molar-refractivity contribution in [3.05, 3.63) is 23.8 Å². The molecule has 0 unspecified atom stereocenters. The number of benzene rings is 1. The SMILES string of the molecule is COc1ccc(CN2CCC3(CCNCC3)C2)c(OC(F)F)c1. The predicted octanol–water partition coefficient (Wildman–Crippen LogP) is 2.87. The number of ether oxygens (including phenoxy) is 2. The van der Waals surface area contributed by atoms with E-state index in [1.165, 1.54) is 32.4 Å². The molecule has 2 aliphatic rings. The van der Waals surface area contributed by atoms with Crippen LogP contribution in [-0.4, -0.2) is 44.8 Å². The van der Waals surface area contributed by atoms with E-state index in [4.69, 9.17) is 4.74 Å². The van der Waals surface area contributed by atoms with E-state index in [9.17, 15) is 8.78 Å². The fraction of sp³-hybridized carbons (Fsp3) is 0.647. The molecule has 0 amide bonds. The van der Waals surface area contributed by atoms with Gasteiger partial charge in [-0.05, 0) is 50.4 Å². The third-order valence-electron chi connectivity index (χ3n) is 5.07. The van der Waals surface area contributed by atoms with Crippen molar-refractivity contribution in [2.24, 2.45) is 5.41 Å². The van der Waals surface area contributed by atoms with E-state index < -0.39 is 6.61 Å². The largest absolute Gasteiger partial charge is 0.497 e. The Labute approximate surface area is 135 Å². The van der Waals surface area contributed by atoms with E-state index in [0.717, 1.165) is 31.7 Å². The second-order valence-electron chi connectivity index (χ2n) is 6.56. The standard InChI is InChI=1S/C17H24F2N2O2/c1-22-14-3-2-13(15(10-14)23-16(18)19)11-21-9-6-17(12-21)4-7-20-8-5-17/h2-3,10,16,20H,4-9,11-12H2,1H3. The number of hydrogen-bond donors (Lipinski definition) is 1. The quantitative estimate of drug-likeness (QED) is 0.902. The second kappa shape index (κ2) is 7.01. The minimum atomic E-state index is -2.82. The summed E-state index contributed by atoms with van der Waals surface area (Å²) in [5.41, 5.74) is 1.19. The maximum atomic E-state index is 12.7. The molecule has 23 heavy (non-hydrogen) atoms. The van der Waals surface area contributed by atoms with Crippen LogP contribution in [-0.2, 0) is 6.54 Å². The van der Waals surface area contributed by atoms with Crippen LogP contribution in [0.1, 0.15) is 24.8 Å². The Hall–Kier alpha value is -1.40. The second-order valence-corrected chi connectivity index (χ2v) is 6.56. The molecule has 128 valence electrons. The van der Waals surface area contributed by atoms with Crippen molar-refractivity contribution in [3.8, 4) is 11.5 Å². The van der Waals surface area contributed by atoms with Crippen LogP contribution in [0.15, 0.2) is 18.2 Å². The number of nitrogens with zero attached hydrogens (tertiary/aromatic N) is 1. The fourth-order valence-electron chi connectivity index (χ4n) is 3.77. The number of alkyl halides is 2. The van der Waals surface area contributed by atoms with E-state index in [0.29, 0.717) is 17.7 Å². The smallest absolute Gasteiger partial charge is 0.387 e. The number of piperidine rings is 1. The first kappa shape index (κ1) is 16.5. The molecule has 1 aromatic carbocycles. The Balaban J connectivity index is 1.70. The summed E-state index contributed by atoms with van der Waals surface area (Å²) >= 11 is 0. The van der Waals surface area contributed by atoms with Crippen molar-refractivity contribution in [2.45, 2.75) is 32.4 Å². The molecule has 4 nitrogen and oxygen atoms in total. The lowest BCUT2D eigenvalue weighted by molar-refractivity contribution is -0.0508. The molecule has 6 heteroatoms. The zero-order chi connectivity index (χ0) is 16.3.